The zero-order chi connectivity index (χ0) is 19.3. The Morgan fingerprint density at radius 1 is 1.07 bits per heavy atom. The van der Waals surface area contributed by atoms with Crippen LogP contribution in [-0.4, -0.2) is 32.9 Å². The highest BCUT2D eigenvalue weighted by molar-refractivity contribution is 5.82. The number of nitrogens with zero attached hydrogens (tertiary/aromatic N) is 1. The summed E-state index contributed by atoms with van der Waals surface area (Å²) in [6.07, 6.45) is 1.91. The largest absolute Gasteiger partial charge is 0.493 e. The summed E-state index contributed by atoms with van der Waals surface area (Å²) in [6, 6.07) is 15.6. The normalized spacial score (nSPS) is 14.4. The van der Waals surface area contributed by atoms with Gasteiger partial charge in [-0.3, -0.25) is 4.79 Å². The standard InChI is InChI=1S/C23H25NO4/c1-17-21(27-13-5-8-18-6-3-2-4-7-18)10-9-19-20(25)16-22(28-23(17)19)24-11-14-26-15-12-24/h2-4,6-7,9-10,16H,5,8,11-15H2,1H3. The maximum Gasteiger partial charge on any atom is 0.200 e. The number of anilines is 1. The summed E-state index contributed by atoms with van der Waals surface area (Å²) in [5.74, 6) is 1.37. The molecule has 1 aliphatic heterocycles. The Morgan fingerprint density at radius 2 is 1.86 bits per heavy atom. The summed E-state index contributed by atoms with van der Waals surface area (Å²) in [5, 5.41) is 0.589. The molecule has 5 nitrogen and oxygen atoms in total. The summed E-state index contributed by atoms with van der Waals surface area (Å²) in [4.78, 5) is 14.6. The Labute approximate surface area is 164 Å². The van der Waals surface area contributed by atoms with E-state index >= 15 is 0 Å². The van der Waals surface area contributed by atoms with Crippen molar-refractivity contribution in [1.82, 2.24) is 0 Å². The molecule has 1 aliphatic rings. The van der Waals surface area contributed by atoms with Gasteiger partial charge in [-0.25, -0.2) is 0 Å². The van der Waals surface area contributed by atoms with Gasteiger partial charge < -0.3 is 18.8 Å². The van der Waals surface area contributed by atoms with Gasteiger partial charge >= 0.3 is 0 Å². The molecule has 4 rings (SSSR count). The van der Waals surface area contributed by atoms with Crippen LogP contribution in [0.2, 0.25) is 0 Å². The van der Waals surface area contributed by atoms with Gasteiger partial charge in [0.15, 0.2) is 11.3 Å². The maximum atomic E-state index is 12.6. The monoisotopic (exact) mass is 379 g/mol. The van der Waals surface area contributed by atoms with Gasteiger partial charge in [0.25, 0.3) is 0 Å². The van der Waals surface area contributed by atoms with Crippen molar-refractivity contribution in [2.75, 3.05) is 37.8 Å². The number of fused-ring (bicyclic) bond motifs is 1. The third-order valence-corrected chi connectivity index (χ3v) is 5.12. The lowest BCUT2D eigenvalue weighted by Gasteiger charge is -2.27. The molecule has 5 heteroatoms. The highest BCUT2D eigenvalue weighted by Crippen LogP contribution is 2.29. The summed E-state index contributed by atoms with van der Waals surface area (Å²) in [6.45, 7) is 5.30. The molecule has 0 bridgehead atoms. The average molecular weight is 379 g/mol. The number of morpholine rings is 1. The van der Waals surface area contributed by atoms with Crippen LogP contribution < -0.4 is 15.1 Å². The van der Waals surface area contributed by atoms with Crippen LogP contribution in [0.25, 0.3) is 11.0 Å². The zero-order valence-electron chi connectivity index (χ0n) is 16.1. The maximum absolute atomic E-state index is 12.6. The summed E-state index contributed by atoms with van der Waals surface area (Å²) in [7, 11) is 0. The van der Waals surface area contributed by atoms with Crippen molar-refractivity contribution < 1.29 is 13.9 Å². The topological polar surface area (TPSA) is 51.9 Å². The smallest absolute Gasteiger partial charge is 0.200 e. The molecule has 0 radical (unpaired) electrons. The molecular formula is C23H25NO4. The van der Waals surface area contributed by atoms with E-state index in [1.807, 2.05) is 19.1 Å². The van der Waals surface area contributed by atoms with E-state index in [1.54, 1.807) is 12.1 Å². The Kier molecular flexibility index (Phi) is 5.63. The van der Waals surface area contributed by atoms with E-state index in [1.165, 1.54) is 5.56 Å². The lowest BCUT2D eigenvalue weighted by Crippen LogP contribution is -2.36. The van der Waals surface area contributed by atoms with E-state index < -0.39 is 0 Å². The highest BCUT2D eigenvalue weighted by Gasteiger charge is 2.17. The van der Waals surface area contributed by atoms with Crippen LogP contribution in [0.3, 0.4) is 0 Å². The van der Waals surface area contributed by atoms with Gasteiger partial charge in [0, 0.05) is 24.7 Å². The van der Waals surface area contributed by atoms with Crippen molar-refractivity contribution in [3.05, 3.63) is 69.9 Å². The molecule has 2 aromatic carbocycles. The summed E-state index contributed by atoms with van der Waals surface area (Å²) >= 11 is 0. The summed E-state index contributed by atoms with van der Waals surface area (Å²) in [5.41, 5.74) is 2.75. The first-order chi connectivity index (χ1) is 13.7. The second kappa shape index (κ2) is 8.48. The lowest BCUT2D eigenvalue weighted by atomic mass is 10.1. The molecule has 146 valence electrons. The van der Waals surface area contributed by atoms with Crippen LogP contribution in [-0.2, 0) is 11.2 Å². The minimum atomic E-state index is -0.0264. The Morgan fingerprint density at radius 3 is 2.64 bits per heavy atom. The minimum absolute atomic E-state index is 0.0264. The van der Waals surface area contributed by atoms with Crippen molar-refractivity contribution >= 4 is 16.9 Å². The van der Waals surface area contributed by atoms with E-state index in [4.69, 9.17) is 13.9 Å². The van der Waals surface area contributed by atoms with Crippen LogP contribution in [0.1, 0.15) is 17.5 Å². The SMILES string of the molecule is Cc1c(OCCCc2ccccc2)ccc2c(=O)cc(N3CCOCC3)oc12. The molecule has 28 heavy (non-hydrogen) atoms. The molecule has 1 saturated heterocycles. The molecule has 1 fully saturated rings. The fourth-order valence-corrected chi connectivity index (χ4v) is 3.52. The van der Waals surface area contributed by atoms with Gasteiger partial charge in [-0.05, 0) is 37.5 Å². The quantitative estimate of drug-likeness (QED) is 0.607. The second-order valence-electron chi connectivity index (χ2n) is 7.05. The van der Waals surface area contributed by atoms with E-state index in [-0.39, 0.29) is 5.43 Å². The number of benzene rings is 2. The number of rotatable bonds is 6. The van der Waals surface area contributed by atoms with Crippen molar-refractivity contribution in [2.24, 2.45) is 0 Å². The van der Waals surface area contributed by atoms with Gasteiger partial charge in [0.1, 0.15) is 11.3 Å². The minimum Gasteiger partial charge on any atom is -0.493 e. The average Bonchev–Trinajstić information content (AvgIpc) is 2.74. The number of aryl methyl sites for hydroxylation is 2. The third kappa shape index (κ3) is 4.04. The molecule has 0 N–H and O–H groups in total. The van der Waals surface area contributed by atoms with Crippen molar-refractivity contribution in [1.29, 1.82) is 0 Å². The van der Waals surface area contributed by atoms with Crippen LogP contribution in [0.5, 0.6) is 5.75 Å². The van der Waals surface area contributed by atoms with Crippen LogP contribution >= 0.6 is 0 Å². The highest BCUT2D eigenvalue weighted by atomic mass is 16.5. The van der Waals surface area contributed by atoms with Gasteiger partial charge in [-0.15, -0.1) is 0 Å². The van der Waals surface area contributed by atoms with Gasteiger partial charge in [-0.1, -0.05) is 30.3 Å². The van der Waals surface area contributed by atoms with E-state index in [2.05, 4.69) is 29.2 Å². The molecule has 0 unspecified atom stereocenters. The Hall–Kier alpha value is -2.79. The fraction of sp³-hybridized carbons (Fsp3) is 0.348. The molecule has 3 aromatic rings. The van der Waals surface area contributed by atoms with Crippen LogP contribution in [0.4, 0.5) is 5.88 Å². The van der Waals surface area contributed by atoms with Crippen LogP contribution in [0.15, 0.2) is 57.7 Å². The molecule has 0 aliphatic carbocycles. The Bertz CT molecular complexity index is 991. The number of ether oxygens (including phenoxy) is 2. The molecule has 2 heterocycles. The molecule has 1 aromatic heterocycles. The zero-order valence-corrected chi connectivity index (χ0v) is 16.1. The first-order valence-electron chi connectivity index (χ1n) is 9.79. The summed E-state index contributed by atoms with van der Waals surface area (Å²) < 4.78 is 17.5. The molecule has 0 saturated carbocycles. The second-order valence-corrected chi connectivity index (χ2v) is 7.05. The fourth-order valence-electron chi connectivity index (χ4n) is 3.52. The van der Waals surface area contributed by atoms with E-state index in [9.17, 15) is 4.79 Å². The predicted octanol–water partition coefficient (Wildman–Crippen LogP) is 3.95. The molecular weight excluding hydrogens is 354 g/mol. The molecule has 0 amide bonds. The van der Waals surface area contributed by atoms with Gasteiger partial charge in [0.05, 0.1) is 25.2 Å². The molecule has 0 spiro atoms. The van der Waals surface area contributed by atoms with Crippen molar-refractivity contribution in [3.8, 4) is 5.75 Å². The van der Waals surface area contributed by atoms with Crippen LogP contribution in [0, 0.1) is 6.92 Å². The number of hydrogen-bond donors (Lipinski definition) is 0. The lowest BCUT2D eigenvalue weighted by molar-refractivity contribution is 0.121. The van der Waals surface area contributed by atoms with Crippen molar-refractivity contribution in [2.45, 2.75) is 19.8 Å². The van der Waals surface area contributed by atoms with Crippen molar-refractivity contribution in [3.63, 3.8) is 0 Å². The third-order valence-electron chi connectivity index (χ3n) is 5.12. The Balaban J connectivity index is 1.51. The first-order valence-corrected chi connectivity index (χ1v) is 9.79. The van der Waals surface area contributed by atoms with Gasteiger partial charge in [0.2, 0.25) is 0 Å². The molecule has 0 atom stereocenters. The van der Waals surface area contributed by atoms with Gasteiger partial charge in [-0.2, -0.15) is 0 Å². The predicted molar refractivity (Wildman–Crippen MR) is 111 cm³/mol. The van der Waals surface area contributed by atoms with E-state index in [0.717, 1.165) is 37.2 Å². The van der Waals surface area contributed by atoms with E-state index in [0.29, 0.717) is 36.7 Å². The number of hydrogen-bond acceptors (Lipinski definition) is 5. The first kappa shape index (κ1) is 18.6.